The number of halogens is 3. The standard InChI is InChI=1S/C15H10F3NO2/c16-15(17,18)12(9-5-7-19-8-6-9)13-10-3-1-2-4-11(10)14(20)21-13/h1-7,19H,8H2/b13-12+. The quantitative estimate of drug-likeness (QED) is 0.808. The van der Waals surface area contributed by atoms with Crippen molar-refractivity contribution in [2.75, 3.05) is 6.54 Å². The maximum Gasteiger partial charge on any atom is 0.420 e. The van der Waals surface area contributed by atoms with Gasteiger partial charge >= 0.3 is 12.1 Å². The fourth-order valence-corrected chi connectivity index (χ4v) is 2.31. The molecule has 0 unspecified atom stereocenters. The predicted octanol–water partition coefficient (Wildman–Crippen LogP) is 3.17. The van der Waals surface area contributed by atoms with Crippen molar-refractivity contribution in [3.05, 3.63) is 64.9 Å². The number of benzene rings is 1. The van der Waals surface area contributed by atoms with Gasteiger partial charge in [-0.15, -0.1) is 0 Å². The first-order valence-electron chi connectivity index (χ1n) is 6.22. The summed E-state index contributed by atoms with van der Waals surface area (Å²) in [5, 5.41) is 2.78. The van der Waals surface area contributed by atoms with Crippen LogP contribution in [0.25, 0.3) is 5.76 Å². The average Bonchev–Trinajstić information content (AvgIpc) is 2.77. The zero-order chi connectivity index (χ0) is 15.0. The molecule has 2 aliphatic rings. The van der Waals surface area contributed by atoms with Crippen LogP contribution in [-0.2, 0) is 4.74 Å². The summed E-state index contributed by atoms with van der Waals surface area (Å²) < 4.78 is 45.2. The molecular formula is C15H10F3NO2. The van der Waals surface area contributed by atoms with Crippen LogP contribution in [0.1, 0.15) is 15.9 Å². The fourth-order valence-electron chi connectivity index (χ4n) is 2.31. The Hall–Kier alpha value is -2.50. The number of carbonyl (C=O) groups excluding carboxylic acids is 1. The zero-order valence-electron chi connectivity index (χ0n) is 10.7. The van der Waals surface area contributed by atoms with Crippen LogP contribution in [0.5, 0.6) is 0 Å². The van der Waals surface area contributed by atoms with Crippen molar-refractivity contribution < 1.29 is 22.7 Å². The van der Waals surface area contributed by atoms with Crippen molar-refractivity contribution in [1.29, 1.82) is 0 Å². The van der Waals surface area contributed by atoms with Gasteiger partial charge in [-0.3, -0.25) is 0 Å². The number of allylic oxidation sites excluding steroid dienone is 3. The Bertz CT molecular complexity index is 699. The number of cyclic esters (lactones) is 1. The van der Waals surface area contributed by atoms with Crippen molar-refractivity contribution in [3.8, 4) is 0 Å². The predicted molar refractivity (Wildman–Crippen MR) is 70.1 cm³/mol. The van der Waals surface area contributed by atoms with E-state index < -0.39 is 23.5 Å². The molecule has 1 aromatic rings. The Morgan fingerprint density at radius 2 is 1.90 bits per heavy atom. The minimum Gasteiger partial charge on any atom is -0.422 e. The summed E-state index contributed by atoms with van der Waals surface area (Å²) in [4.78, 5) is 11.7. The van der Waals surface area contributed by atoms with Gasteiger partial charge in [-0.2, -0.15) is 13.2 Å². The molecule has 0 aromatic heterocycles. The van der Waals surface area contributed by atoms with Gasteiger partial charge in [0.2, 0.25) is 0 Å². The SMILES string of the molecule is O=C1O/C(=C(\C2=CCNC=C2)C(F)(F)F)c2ccccc21. The average molecular weight is 293 g/mol. The van der Waals surface area contributed by atoms with Gasteiger partial charge in [0.25, 0.3) is 0 Å². The van der Waals surface area contributed by atoms with Crippen molar-refractivity contribution in [1.82, 2.24) is 5.32 Å². The van der Waals surface area contributed by atoms with E-state index in [-0.39, 0.29) is 23.2 Å². The summed E-state index contributed by atoms with van der Waals surface area (Å²) in [6, 6.07) is 6.05. The highest BCUT2D eigenvalue weighted by atomic mass is 19.4. The molecule has 0 spiro atoms. The van der Waals surface area contributed by atoms with Crippen LogP contribution in [0.2, 0.25) is 0 Å². The van der Waals surface area contributed by atoms with Gasteiger partial charge in [0.1, 0.15) is 5.57 Å². The molecule has 0 fully saturated rings. The van der Waals surface area contributed by atoms with Crippen LogP contribution in [0.15, 0.2) is 53.8 Å². The van der Waals surface area contributed by atoms with E-state index in [2.05, 4.69) is 5.32 Å². The summed E-state index contributed by atoms with van der Waals surface area (Å²) in [5.74, 6) is -1.19. The molecule has 0 radical (unpaired) electrons. The Morgan fingerprint density at radius 3 is 2.52 bits per heavy atom. The number of hydrogen-bond donors (Lipinski definition) is 1. The largest absolute Gasteiger partial charge is 0.422 e. The third kappa shape index (κ3) is 2.33. The van der Waals surface area contributed by atoms with Crippen LogP contribution < -0.4 is 5.32 Å². The van der Waals surface area contributed by atoms with E-state index in [9.17, 15) is 18.0 Å². The summed E-state index contributed by atoms with van der Waals surface area (Å²) in [6.07, 6.45) is -0.469. The lowest BCUT2D eigenvalue weighted by Gasteiger charge is -2.17. The first kappa shape index (κ1) is 13.5. The highest BCUT2D eigenvalue weighted by molar-refractivity contribution is 6.04. The molecule has 3 rings (SSSR count). The number of ether oxygens (including phenoxy) is 1. The molecule has 21 heavy (non-hydrogen) atoms. The molecule has 2 heterocycles. The summed E-state index contributed by atoms with van der Waals surface area (Å²) in [7, 11) is 0. The van der Waals surface area contributed by atoms with Gasteiger partial charge in [-0.1, -0.05) is 24.3 Å². The lowest BCUT2D eigenvalue weighted by molar-refractivity contribution is -0.0894. The number of carbonyl (C=O) groups is 1. The molecule has 1 aromatic carbocycles. The minimum atomic E-state index is -4.62. The molecule has 0 amide bonds. The van der Waals surface area contributed by atoms with E-state index >= 15 is 0 Å². The van der Waals surface area contributed by atoms with E-state index in [1.54, 1.807) is 12.1 Å². The fraction of sp³-hybridized carbons (Fsp3) is 0.133. The molecule has 0 aliphatic carbocycles. The summed E-state index contributed by atoms with van der Waals surface area (Å²) in [6.45, 7) is 0.286. The maximum atomic E-state index is 13.4. The van der Waals surface area contributed by atoms with Crippen LogP contribution in [0.3, 0.4) is 0 Å². The van der Waals surface area contributed by atoms with E-state index in [4.69, 9.17) is 4.74 Å². The number of esters is 1. The van der Waals surface area contributed by atoms with E-state index in [1.165, 1.54) is 30.5 Å². The zero-order valence-corrected chi connectivity index (χ0v) is 10.7. The molecule has 0 saturated heterocycles. The Balaban J connectivity index is 2.24. The van der Waals surface area contributed by atoms with Crippen molar-refractivity contribution in [3.63, 3.8) is 0 Å². The highest BCUT2D eigenvalue weighted by Crippen LogP contribution is 2.42. The Morgan fingerprint density at radius 1 is 1.19 bits per heavy atom. The topological polar surface area (TPSA) is 38.3 Å². The van der Waals surface area contributed by atoms with Crippen LogP contribution in [0, 0.1) is 0 Å². The minimum absolute atomic E-state index is 0.0132. The molecule has 0 bridgehead atoms. The maximum absolute atomic E-state index is 13.4. The van der Waals surface area contributed by atoms with Gasteiger partial charge in [0.15, 0.2) is 5.76 Å². The van der Waals surface area contributed by atoms with Crippen molar-refractivity contribution >= 4 is 11.7 Å². The third-order valence-electron chi connectivity index (χ3n) is 3.21. The van der Waals surface area contributed by atoms with Gasteiger partial charge in [0.05, 0.1) is 5.56 Å². The molecule has 2 aliphatic heterocycles. The summed E-state index contributed by atoms with van der Waals surface area (Å²) >= 11 is 0. The second-order valence-corrected chi connectivity index (χ2v) is 4.54. The molecule has 0 atom stereocenters. The molecular weight excluding hydrogens is 283 g/mol. The number of alkyl halides is 3. The number of nitrogens with one attached hydrogen (secondary N) is 1. The lowest BCUT2D eigenvalue weighted by Crippen LogP contribution is -2.19. The number of hydrogen-bond acceptors (Lipinski definition) is 3. The van der Waals surface area contributed by atoms with Crippen molar-refractivity contribution in [2.45, 2.75) is 6.18 Å². The van der Waals surface area contributed by atoms with E-state index in [1.807, 2.05) is 0 Å². The van der Waals surface area contributed by atoms with Crippen LogP contribution >= 0.6 is 0 Å². The van der Waals surface area contributed by atoms with Crippen LogP contribution in [0.4, 0.5) is 13.2 Å². The second-order valence-electron chi connectivity index (χ2n) is 4.54. The first-order valence-corrected chi connectivity index (χ1v) is 6.22. The second kappa shape index (κ2) is 4.80. The highest BCUT2D eigenvalue weighted by Gasteiger charge is 2.42. The van der Waals surface area contributed by atoms with Gasteiger partial charge in [-0.25, -0.2) is 4.79 Å². The van der Waals surface area contributed by atoms with Crippen LogP contribution in [-0.4, -0.2) is 18.7 Å². The third-order valence-corrected chi connectivity index (χ3v) is 3.21. The normalized spacial score (nSPS) is 19.6. The summed E-state index contributed by atoms with van der Waals surface area (Å²) in [5.41, 5.74) is -0.630. The van der Waals surface area contributed by atoms with Gasteiger partial charge in [0, 0.05) is 12.1 Å². The Kier molecular flexibility index (Phi) is 3.08. The molecule has 6 heteroatoms. The number of dihydropyridines is 1. The number of rotatable bonds is 1. The smallest absolute Gasteiger partial charge is 0.420 e. The molecule has 3 nitrogen and oxygen atoms in total. The molecule has 1 N–H and O–H groups in total. The molecule has 0 saturated carbocycles. The van der Waals surface area contributed by atoms with Gasteiger partial charge < -0.3 is 10.1 Å². The van der Waals surface area contributed by atoms with E-state index in [0.717, 1.165) is 0 Å². The van der Waals surface area contributed by atoms with Crippen molar-refractivity contribution in [2.24, 2.45) is 0 Å². The number of fused-ring (bicyclic) bond motifs is 1. The molecule has 108 valence electrons. The Labute approximate surface area is 118 Å². The first-order chi connectivity index (χ1) is 9.98. The monoisotopic (exact) mass is 293 g/mol. The lowest BCUT2D eigenvalue weighted by atomic mass is 9.98. The van der Waals surface area contributed by atoms with Gasteiger partial charge in [-0.05, 0) is 23.9 Å². The van der Waals surface area contributed by atoms with E-state index in [0.29, 0.717) is 0 Å².